The van der Waals surface area contributed by atoms with Gasteiger partial charge in [-0.15, -0.1) is 0 Å². The van der Waals surface area contributed by atoms with Crippen LogP contribution in [0.2, 0.25) is 0 Å². The van der Waals surface area contributed by atoms with E-state index in [1.54, 1.807) is 6.92 Å². The number of carbonyl (C=O) groups is 2. The van der Waals surface area contributed by atoms with E-state index in [0.29, 0.717) is 13.2 Å². The lowest BCUT2D eigenvalue weighted by atomic mass is 9.77. The third-order valence-electron chi connectivity index (χ3n) is 3.33. The monoisotopic (exact) mass is 242 g/mol. The van der Waals surface area contributed by atoms with E-state index in [1.165, 1.54) is 0 Å². The molecule has 1 fully saturated rings. The Labute approximate surface area is 102 Å². The molecule has 1 aliphatic rings. The van der Waals surface area contributed by atoms with E-state index in [4.69, 9.17) is 4.74 Å². The summed E-state index contributed by atoms with van der Waals surface area (Å²) in [4.78, 5) is 23.3. The smallest absolute Gasteiger partial charge is 0.325 e. The van der Waals surface area contributed by atoms with Crippen LogP contribution in [0.25, 0.3) is 0 Å². The molecule has 1 aliphatic heterocycles. The summed E-state index contributed by atoms with van der Waals surface area (Å²) in [7, 11) is 0. The first-order chi connectivity index (χ1) is 8.14. The predicted octanol–water partition coefficient (Wildman–Crippen LogP) is 0.445. The summed E-state index contributed by atoms with van der Waals surface area (Å²) in [6.07, 6.45) is 2.67. The maximum Gasteiger partial charge on any atom is 0.325 e. The summed E-state index contributed by atoms with van der Waals surface area (Å²) in [5.74, 6) is -0.420. The Morgan fingerprint density at radius 3 is 2.71 bits per heavy atom. The Morgan fingerprint density at radius 2 is 2.18 bits per heavy atom. The van der Waals surface area contributed by atoms with Gasteiger partial charge in [0.1, 0.15) is 6.54 Å². The van der Waals surface area contributed by atoms with Gasteiger partial charge in [-0.2, -0.15) is 0 Å². The van der Waals surface area contributed by atoms with Crippen molar-refractivity contribution in [2.24, 2.45) is 5.41 Å². The van der Waals surface area contributed by atoms with Crippen molar-refractivity contribution in [2.45, 2.75) is 33.1 Å². The first-order valence-corrected chi connectivity index (χ1v) is 6.29. The molecule has 5 nitrogen and oxygen atoms in total. The van der Waals surface area contributed by atoms with Crippen molar-refractivity contribution in [3.05, 3.63) is 0 Å². The molecule has 1 unspecified atom stereocenters. The largest absolute Gasteiger partial charge is 0.465 e. The number of piperidine rings is 1. The summed E-state index contributed by atoms with van der Waals surface area (Å²) in [5, 5.41) is 5.92. The molecule has 1 saturated heterocycles. The van der Waals surface area contributed by atoms with Gasteiger partial charge < -0.3 is 15.4 Å². The minimum Gasteiger partial charge on any atom is -0.465 e. The van der Waals surface area contributed by atoms with Crippen LogP contribution >= 0.6 is 0 Å². The van der Waals surface area contributed by atoms with Crippen LogP contribution in [0.5, 0.6) is 0 Å². The molecule has 17 heavy (non-hydrogen) atoms. The number of ether oxygens (including phenoxy) is 1. The van der Waals surface area contributed by atoms with Gasteiger partial charge in [0.05, 0.1) is 12.0 Å². The molecule has 2 N–H and O–H groups in total. The molecule has 0 aromatic rings. The topological polar surface area (TPSA) is 67.4 Å². The van der Waals surface area contributed by atoms with Gasteiger partial charge in [-0.1, -0.05) is 6.92 Å². The highest BCUT2D eigenvalue weighted by Crippen LogP contribution is 2.29. The Morgan fingerprint density at radius 1 is 1.41 bits per heavy atom. The van der Waals surface area contributed by atoms with Gasteiger partial charge in [0, 0.05) is 6.54 Å². The second-order valence-corrected chi connectivity index (χ2v) is 4.40. The fraction of sp³-hybridized carbons (Fsp3) is 0.833. The first-order valence-electron chi connectivity index (χ1n) is 6.29. The summed E-state index contributed by atoms with van der Waals surface area (Å²) >= 11 is 0. The zero-order valence-corrected chi connectivity index (χ0v) is 10.7. The van der Waals surface area contributed by atoms with Crippen molar-refractivity contribution in [3.63, 3.8) is 0 Å². The number of hydrogen-bond donors (Lipinski definition) is 2. The molecule has 0 aromatic heterocycles. The zero-order chi connectivity index (χ0) is 12.7. The highest BCUT2D eigenvalue weighted by atomic mass is 16.5. The molecule has 5 heteroatoms. The summed E-state index contributed by atoms with van der Waals surface area (Å²) in [5.41, 5.74) is -0.356. The van der Waals surface area contributed by atoms with Crippen LogP contribution in [0.1, 0.15) is 33.1 Å². The van der Waals surface area contributed by atoms with Gasteiger partial charge in [-0.3, -0.25) is 9.59 Å². The minimum atomic E-state index is -0.379. The van der Waals surface area contributed by atoms with Crippen molar-refractivity contribution in [3.8, 4) is 0 Å². The summed E-state index contributed by atoms with van der Waals surface area (Å²) in [6.45, 7) is 5.73. The number of amides is 1. The van der Waals surface area contributed by atoms with Gasteiger partial charge >= 0.3 is 5.97 Å². The van der Waals surface area contributed by atoms with Crippen molar-refractivity contribution in [2.75, 3.05) is 26.2 Å². The van der Waals surface area contributed by atoms with E-state index in [-0.39, 0.29) is 23.8 Å². The number of rotatable bonds is 5. The van der Waals surface area contributed by atoms with E-state index in [9.17, 15) is 9.59 Å². The van der Waals surface area contributed by atoms with Crippen LogP contribution in [-0.2, 0) is 14.3 Å². The molecule has 0 spiro atoms. The van der Waals surface area contributed by atoms with Gasteiger partial charge in [-0.25, -0.2) is 0 Å². The average Bonchev–Trinajstić information content (AvgIpc) is 2.37. The van der Waals surface area contributed by atoms with E-state index in [1.807, 2.05) is 6.92 Å². The van der Waals surface area contributed by atoms with E-state index < -0.39 is 0 Å². The molecule has 0 saturated carbocycles. The number of hydrogen-bond acceptors (Lipinski definition) is 4. The number of carbonyl (C=O) groups excluding carboxylic acids is 2. The Balaban J connectivity index is 2.46. The molecule has 0 bridgehead atoms. The standard InChI is InChI=1S/C12H22N2O3/c1-3-12(6-5-7-13-9-12)11(16)14-8-10(15)17-4-2/h13H,3-9H2,1-2H3,(H,14,16). The normalized spacial score (nSPS) is 24.1. The van der Waals surface area contributed by atoms with Crippen LogP contribution in [0.15, 0.2) is 0 Å². The van der Waals surface area contributed by atoms with Crippen LogP contribution < -0.4 is 10.6 Å². The van der Waals surface area contributed by atoms with Crippen LogP contribution in [-0.4, -0.2) is 38.1 Å². The SMILES string of the molecule is CCOC(=O)CNC(=O)C1(CC)CCCNC1. The fourth-order valence-electron chi connectivity index (χ4n) is 2.18. The van der Waals surface area contributed by atoms with E-state index in [2.05, 4.69) is 10.6 Å². The third-order valence-corrected chi connectivity index (χ3v) is 3.33. The first kappa shape index (κ1) is 14.0. The maximum absolute atomic E-state index is 12.1. The Hall–Kier alpha value is -1.10. The Kier molecular flexibility index (Phi) is 5.41. The van der Waals surface area contributed by atoms with Crippen LogP contribution in [0, 0.1) is 5.41 Å². The van der Waals surface area contributed by atoms with Gasteiger partial charge in [0.2, 0.25) is 5.91 Å². The molecule has 98 valence electrons. The third kappa shape index (κ3) is 3.70. The quantitative estimate of drug-likeness (QED) is 0.687. The molecule has 1 rings (SSSR count). The van der Waals surface area contributed by atoms with Crippen molar-refractivity contribution >= 4 is 11.9 Å². The highest BCUT2D eigenvalue weighted by Gasteiger charge is 2.37. The molecule has 1 atom stereocenters. The molecule has 0 aromatic carbocycles. The summed E-state index contributed by atoms with van der Waals surface area (Å²) < 4.78 is 4.78. The van der Waals surface area contributed by atoms with Crippen molar-refractivity contribution in [1.82, 2.24) is 10.6 Å². The minimum absolute atomic E-state index is 0.0333. The average molecular weight is 242 g/mol. The van der Waals surface area contributed by atoms with Gasteiger partial charge in [-0.05, 0) is 32.7 Å². The fourth-order valence-corrected chi connectivity index (χ4v) is 2.18. The highest BCUT2D eigenvalue weighted by molar-refractivity contribution is 5.86. The lowest BCUT2D eigenvalue weighted by molar-refractivity contribution is -0.145. The molecular formula is C12H22N2O3. The van der Waals surface area contributed by atoms with Crippen LogP contribution in [0.3, 0.4) is 0 Å². The lowest BCUT2D eigenvalue weighted by Gasteiger charge is -2.35. The molecule has 0 aliphatic carbocycles. The van der Waals surface area contributed by atoms with Crippen LogP contribution in [0.4, 0.5) is 0 Å². The van der Waals surface area contributed by atoms with Gasteiger partial charge in [0.25, 0.3) is 0 Å². The van der Waals surface area contributed by atoms with E-state index in [0.717, 1.165) is 25.8 Å². The van der Waals surface area contributed by atoms with E-state index >= 15 is 0 Å². The number of nitrogens with one attached hydrogen (secondary N) is 2. The molecule has 0 radical (unpaired) electrons. The maximum atomic E-state index is 12.1. The predicted molar refractivity (Wildman–Crippen MR) is 64.5 cm³/mol. The molecule has 1 heterocycles. The van der Waals surface area contributed by atoms with Crippen molar-refractivity contribution in [1.29, 1.82) is 0 Å². The van der Waals surface area contributed by atoms with Crippen molar-refractivity contribution < 1.29 is 14.3 Å². The summed E-state index contributed by atoms with van der Waals surface area (Å²) in [6, 6.07) is 0. The zero-order valence-electron chi connectivity index (χ0n) is 10.7. The number of esters is 1. The molecule has 1 amide bonds. The van der Waals surface area contributed by atoms with Gasteiger partial charge in [0.15, 0.2) is 0 Å². The Bertz CT molecular complexity index is 273. The second kappa shape index (κ2) is 6.59. The molecular weight excluding hydrogens is 220 g/mol. The second-order valence-electron chi connectivity index (χ2n) is 4.40. The lowest BCUT2D eigenvalue weighted by Crippen LogP contribution is -2.51.